The Kier molecular flexibility index (Phi) is 3.67. The Labute approximate surface area is 138 Å². The van der Waals surface area contributed by atoms with Crippen LogP contribution in [0.3, 0.4) is 0 Å². The van der Waals surface area contributed by atoms with Crippen LogP contribution < -0.4 is 14.8 Å². The van der Waals surface area contributed by atoms with Gasteiger partial charge in [0.05, 0.1) is 5.69 Å². The van der Waals surface area contributed by atoms with E-state index in [-0.39, 0.29) is 5.91 Å². The summed E-state index contributed by atoms with van der Waals surface area (Å²) in [5.41, 5.74) is 2.66. The molecule has 0 radical (unpaired) electrons. The standard InChI is InChI=1S/C19H16N2O3/c22-19(21-16-3-1-2-15-14(16)8-9-20-15)7-5-13-4-6-17-18(12-13)24-11-10-23-17/h1-9,12,20H,10-11H2,(H,21,22)/b7-5-. The lowest BCUT2D eigenvalue weighted by Gasteiger charge is -2.18. The van der Waals surface area contributed by atoms with Crippen molar-refractivity contribution in [2.24, 2.45) is 0 Å². The number of ether oxygens (including phenoxy) is 2. The van der Waals surface area contributed by atoms with Gasteiger partial charge in [0.2, 0.25) is 5.91 Å². The van der Waals surface area contributed by atoms with E-state index in [2.05, 4.69) is 10.3 Å². The zero-order valence-corrected chi connectivity index (χ0v) is 12.9. The van der Waals surface area contributed by atoms with Gasteiger partial charge in [-0.15, -0.1) is 0 Å². The van der Waals surface area contributed by atoms with E-state index in [0.717, 1.165) is 27.9 Å². The summed E-state index contributed by atoms with van der Waals surface area (Å²) in [7, 11) is 0. The number of amides is 1. The molecule has 5 nitrogen and oxygen atoms in total. The molecule has 24 heavy (non-hydrogen) atoms. The fourth-order valence-electron chi connectivity index (χ4n) is 2.70. The predicted octanol–water partition coefficient (Wildman–Crippen LogP) is 3.59. The number of hydrogen-bond acceptors (Lipinski definition) is 3. The maximum Gasteiger partial charge on any atom is 0.248 e. The number of fused-ring (bicyclic) bond motifs is 2. The monoisotopic (exact) mass is 320 g/mol. The van der Waals surface area contributed by atoms with E-state index >= 15 is 0 Å². The van der Waals surface area contributed by atoms with Crippen LogP contribution in [-0.2, 0) is 4.79 Å². The van der Waals surface area contributed by atoms with Gasteiger partial charge in [0, 0.05) is 23.2 Å². The van der Waals surface area contributed by atoms with Crippen molar-refractivity contribution >= 4 is 28.6 Å². The highest BCUT2D eigenvalue weighted by atomic mass is 16.6. The van der Waals surface area contributed by atoms with Crippen LogP contribution in [0.2, 0.25) is 0 Å². The number of benzene rings is 2. The van der Waals surface area contributed by atoms with Gasteiger partial charge in [0.1, 0.15) is 13.2 Å². The molecule has 120 valence electrons. The molecule has 2 aromatic carbocycles. The fourth-order valence-corrected chi connectivity index (χ4v) is 2.70. The number of aromatic nitrogens is 1. The van der Waals surface area contributed by atoms with Crippen molar-refractivity contribution in [3.8, 4) is 11.5 Å². The first-order valence-electron chi connectivity index (χ1n) is 7.74. The highest BCUT2D eigenvalue weighted by Gasteiger charge is 2.11. The van der Waals surface area contributed by atoms with E-state index in [1.165, 1.54) is 6.08 Å². The quantitative estimate of drug-likeness (QED) is 0.725. The summed E-state index contributed by atoms with van der Waals surface area (Å²) in [5, 5.41) is 3.89. The van der Waals surface area contributed by atoms with Crippen LogP contribution in [0.5, 0.6) is 11.5 Å². The number of aromatic amines is 1. The fraction of sp³-hybridized carbons (Fsp3) is 0.105. The normalized spacial score (nSPS) is 13.3. The SMILES string of the molecule is O=C(/C=C\c1ccc2c(c1)OCCO2)Nc1cccc2[nH]ccc12. The van der Waals surface area contributed by atoms with Gasteiger partial charge in [-0.25, -0.2) is 0 Å². The number of rotatable bonds is 3. The van der Waals surface area contributed by atoms with Gasteiger partial charge in [0.15, 0.2) is 11.5 Å². The second-order valence-electron chi connectivity index (χ2n) is 5.47. The van der Waals surface area contributed by atoms with E-state index in [1.54, 1.807) is 6.08 Å². The molecule has 0 saturated heterocycles. The zero-order chi connectivity index (χ0) is 16.4. The minimum atomic E-state index is -0.182. The minimum Gasteiger partial charge on any atom is -0.486 e. The summed E-state index contributed by atoms with van der Waals surface area (Å²) in [6.45, 7) is 1.11. The van der Waals surface area contributed by atoms with Crippen LogP contribution in [0.25, 0.3) is 17.0 Å². The lowest BCUT2D eigenvalue weighted by molar-refractivity contribution is -0.111. The third-order valence-electron chi connectivity index (χ3n) is 3.85. The Hall–Kier alpha value is -3.21. The van der Waals surface area contributed by atoms with E-state index in [9.17, 15) is 4.79 Å². The molecule has 1 aromatic heterocycles. The van der Waals surface area contributed by atoms with Gasteiger partial charge in [-0.3, -0.25) is 4.79 Å². The van der Waals surface area contributed by atoms with E-state index in [0.29, 0.717) is 19.0 Å². The Morgan fingerprint density at radius 1 is 1.08 bits per heavy atom. The molecule has 1 amide bonds. The van der Waals surface area contributed by atoms with Crippen LogP contribution in [0, 0.1) is 0 Å². The third-order valence-corrected chi connectivity index (χ3v) is 3.85. The molecule has 2 heterocycles. The van der Waals surface area contributed by atoms with Gasteiger partial charge in [0.25, 0.3) is 0 Å². The van der Waals surface area contributed by atoms with Crippen LogP contribution in [0.15, 0.2) is 54.7 Å². The van der Waals surface area contributed by atoms with Crippen molar-refractivity contribution < 1.29 is 14.3 Å². The number of H-pyrrole nitrogens is 1. The summed E-state index contributed by atoms with van der Waals surface area (Å²) in [6.07, 6.45) is 5.12. The smallest absolute Gasteiger partial charge is 0.248 e. The first-order chi connectivity index (χ1) is 11.8. The average molecular weight is 320 g/mol. The van der Waals surface area contributed by atoms with Gasteiger partial charge in [-0.05, 0) is 42.0 Å². The van der Waals surface area contributed by atoms with E-state index < -0.39 is 0 Å². The van der Waals surface area contributed by atoms with Crippen molar-refractivity contribution in [2.75, 3.05) is 18.5 Å². The first kappa shape index (κ1) is 14.4. The third kappa shape index (κ3) is 2.84. The van der Waals surface area contributed by atoms with Gasteiger partial charge in [-0.1, -0.05) is 12.1 Å². The average Bonchev–Trinajstić information content (AvgIpc) is 3.10. The topological polar surface area (TPSA) is 63.4 Å². The van der Waals surface area contributed by atoms with Crippen molar-refractivity contribution in [3.63, 3.8) is 0 Å². The number of nitrogens with one attached hydrogen (secondary N) is 2. The Morgan fingerprint density at radius 2 is 1.96 bits per heavy atom. The number of hydrogen-bond donors (Lipinski definition) is 2. The van der Waals surface area contributed by atoms with Gasteiger partial charge >= 0.3 is 0 Å². The molecule has 0 spiro atoms. The molecular weight excluding hydrogens is 304 g/mol. The second kappa shape index (κ2) is 6.12. The number of anilines is 1. The summed E-state index contributed by atoms with van der Waals surface area (Å²) < 4.78 is 11.0. The Bertz CT molecular complexity index is 927. The molecule has 0 fully saturated rings. The molecule has 4 rings (SSSR count). The van der Waals surface area contributed by atoms with Gasteiger partial charge in [-0.2, -0.15) is 0 Å². The molecular formula is C19H16N2O3. The van der Waals surface area contributed by atoms with Crippen molar-refractivity contribution in [1.82, 2.24) is 4.98 Å². The van der Waals surface area contributed by atoms with Crippen LogP contribution in [-0.4, -0.2) is 24.1 Å². The molecule has 0 aliphatic carbocycles. The van der Waals surface area contributed by atoms with Crippen molar-refractivity contribution in [3.05, 3.63) is 60.3 Å². The van der Waals surface area contributed by atoms with E-state index in [1.807, 2.05) is 48.7 Å². The summed E-state index contributed by atoms with van der Waals surface area (Å²) >= 11 is 0. The lowest BCUT2D eigenvalue weighted by Crippen LogP contribution is -2.15. The maximum absolute atomic E-state index is 12.2. The van der Waals surface area contributed by atoms with Crippen LogP contribution >= 0.6 is 0 Å². The number of carbonyl (C=O) groups is 1. The summed E-state index contributed by atoms with van der Waals surface area (Å²) in [5.74, 6) is 1.27. The molecule has 0 bridgehead atoms. The maximum atomic E-state index is 12.2. The predicted molar refractivity (Wildman–Crippen MR) is 93.4 cm³/mol. The first-order valence-corrected chi connectivity index (χ1v) is 7.74. The molecule has 2 N–H and O–H groups in total. The molecule has 0 atom stereocenters. The lowest BCUT2D eigenvalue weighted by atomic mass is 10.1. The largest absolute Gasteiger partial charge is 0.486 e. The second-order valence-corrected chi connectivity index (χ2v) is 5.47. The molecule has 3 aromatic rings. The molecule has 1 aliphatic heterocycles. The van der Waals surface area contributed by atoms with E-state index in [4.69, 9.17) is 9.47 Å². The summed E-state index contributed by atoms with van der Waals surface area (Å²) in [4.78, 5) is 15.3. The van der Waals surface area contributed by atoms with Gasteiger partial charge < -0.3 is 19.8 Å². The molecule has 0 saturated carbocycles. The molecule has 0 unspecified atom stereocenters. The highest BCUT2D eigenvalue weighted by Crippen LogP contribution is 2.31. The molecule has 5 heteroatoms. The highest BCUT2D eigenvalue weighted by molar-refractivity contribution is 6.07. The van der Waals surface area contributed by atoms with Crippen molar-refractivity contribution in [2.45, 2.75) is 0 Å². The molecule has 1 aliphatic rings. The van der Waals surface area contributed by atoms with Crippen LogP contribution in [0.1, 0.15) is 5.56 Å². The number of carbonyl (C=O) groups excluding carboxylic acids is 1. The minimum absolute atomic E-state index is 0.182. The Morgan fingerprint density at radius 3 is 2.88 bits per heavy atom. The van der Waals surface area contributed by atoms with Crippen molar-refractivity contribution in [1.29, 1.82) is 0 Å². The Balaban J connectivity index is 1.49. The zero-order valence-electron chi connectivity index (χ0n) is 12.9. The summed E-state index contributed by atoms with van der Waals surface area (Å²) in [6, 6.07) is 13.3. The van der Waals surface area contributed by atoms with Crippen LogP contribution in [0.4, 0.5) is 5.69 Å².